The smallest absolute Gasteiger partial charge is 0.480 e. The Morgan fingerprint density at radius 2 is 0.700 bits per heavy atom. The predicted molar refractivity (Wildman–Crippen MR) is 414 cm³/mol. The SMILES string of the molecule is CC(C)(C)OC(=O)N1CCCN(C(=O)OC(C)(C)C)CCN(Cc2ccc(CN3CCCN(C(=O)OC(C)(C)C)CCN(C(=O)OC(C)(C)C)CCCN(C(=O)OC(C)(C)C)CC3)cc2)CCCN(CCCCC(=O)NCCCC(C(=O)O)N2CCN(CC=O)CCN(CC(=O)O)CCN(CC(=O)O)CC2)CC1.O.[Gd+3]. The molecular formula is C77H137GdN13O19+3. The van der Waals surface area contributed by atoms with E-state index in [1.807, 2.05) is 88.0 Å². The maximum Gasteiger partial charge on any atom is 3.00 e. The Balaban J connectivity index is 0.0000205. The molecule has 4 rings (SSSR count). The van der Waals surface area contributed by atoms with Crippen LogP contribution >= 0.6 is 0 Å². The van der Waals surface area contributed by atoms with Gasteiger partial charge < -0.3 is 84.0 Å². The van der Waals surface area contributed by atoms with Crippen molar-refractivity contribution < 1.29 is 132 Å². The third kappa shape index (κ3) is 44.0. The summed E-state index contributed by atoms with van der Waals surface area (Å²) in [7, 11) is 0. The number of nitrogens with one attached hydrogen (secondary N) is 1. The second kappa shape index (κ2) is 49.7. The van der Waals surface area contributed by atoms with Crippen molar-refractivity contribution >= 4 is 60.6 Å². The number of aldehydes is 1. The van der Waals surface area contributed by atoms with Crippen LogP contribution in [0.5, 0.6) is 0 Å². The molecule has 1 radical (unpaired) electrons. The third-order valence-electron chi connectivity index (χ3n) is 18.1. The Kier molecular flexibility index (Phi) is 45.3. The molecule has 3 fully saturated rings. The van der Waals surface area contributed by atoms with Gasteiger partial charge in [-0.1, -0.05) is 24.3 Å². The van der Waals surface area contributed by atoms with Gasteiger partial charge in [-0.25, -0.2) is 24.0 Å². The number of carbonyl (C=O) groups is 10. The summed E-state index contributed by atoms with van der Waals surface area (Å²) in [6.07, 6.45) is 2.66. The van der Waals surface area contributed by atoms with Crippen LogP contribution in [0, 0.1) is 39.9 Å². The van der Waals surface area contributed by atoms with Crippen molar-refractivity contribution in [3.63, 3.8) is 0 Å². The molecule has 629 valence electrons. The first-order chi connectivity index (χ1) is 50.5. The van der Waals surface area contributed by atoms with Gasteiger partial charge in [0, 0.05) is 170 Å². The summed E-state index contributed by atoms with van der Waals surface area (Å²) in [6.45, 7) is 37.6. The number of carboxylic acid groups (broad SMARTS) is 3. The zero-order valence-corrected chi connectivity index (χ0v) is 71.2. The van der Waals surface area contributed by atoms with Crippen LogP contribution in [0.1, 0.15) is 173 Å². The van der Waals surface area contributed by atoms with Gasteiger partial charge in [-0.15, -0.1) is 0 Å². The van der Waals surface area contributed by atoms with Gasteiger partial charge >= 0.3 is 88.3 Å². The Morgan fingerprint density at radius 3 is 1.05 bits per heavy atom. The first-order valence-corrected chi connectivity index (χ1v) is 38.9. The van der Waals surface area contributed by atoms with Crippen LogP contribution in [0.15, 0.2) is 24.3 Å². The summed E-state index contributed by atoms with van der Waals surface area (Å²) in [5.41, 5.74) is -1.62. The van der Waals surface area contributed by atoms with Crippen LogP contribution < -0.4 is 5.32 Å². The zero-order chi connectivity index (χ0) is 80.4. The molecule has 1 aromatic carbocycles. The number of unbranched alkanes of at least 4 members (excludes halogenated alkanes) is 1. The van der Waals surface area contributed by atoms with Crippen molar-refractivity contribution in [2.45, 2.75) is 209 Å². The van der Waals surface area contributed by atoms with E-state index >= 15 is 0 Å². The summed E-state index contributed by atoms with van der Waals surface area (Å²) in [5.74, 6) is -3.32. The van der Waals surface area contributed by atoms with Gasteiger partial charge in [0.1, 0.15) is 40.3 Å². The number of hydrogen-bond donors (Lipinski definition) is 4. The molecule has 3 saturated heterocycles. The number of nitrogens with zero attached hydrogens (tertiary/aromatic N) is 12. The van der Waals surface area contributed by atoms with Crippen LogP contribution in [0.3, 0.4) is 0 Å². The molecule has 6 amide bonds. The molecular weight excluding hydrogens is 1570 g/mol. The minimum atomic E-state index is -1.06. The third-order valence-corrected chi connectivity index (χ3v) is 18.1. The average Bonchev–Trinajstić information content (AvgIpc) is 0.871. The fourth-order valence-corrected chi connectivity index (χ4v) is 12.7. The number of rotatable bonds is 21. The molecule has 0 spiro atoms. The van der Waals surface area contributed by atoms with Crippen molar-refractivity contribution in [3.05, 3.63) is 35.4 Å². The molecule has 33 heteroatoms. The molecule has 3 heterocycles. The first-order valence-electron chi connectivity index (χ1n) is 38.9. The molecule has 32 nitrogen and oxygen atoms in total. The Morgan fingerprint density at radius 1 is 0.400 bits per heavy atom. The van der Waals surface area contributed by atoms with E-state index in [-0.39, 0.29) is 143 Å². The van der Waals surface area contributed by atoms with Crippen LogP contribution in [0.4, 0.5) is 24.0 Å². The molecule has 0 bridgehead atoms. The largest absolute Gasteiger partial charge is 3.00 e. The molecule has 6 N–H and O–H groups in total. The Hall–Kier alpha value is -5.88. The predicted octanol–water partition coefficient (Wildman–Crippen LogP) is 6.65. The van der Waals surface area contributed by atoms with Crippen molar-refractivity contribution in [3.8, 4) is 0 Å². The zero-order valence-electron chi connectivity index (χ0n) is 68.9. The van der Waals surface area contributed by atoms with E-state index in [1.54, 1.807) is 60.0 Å². The summed E-state index contributed by atoms with van der Waals surface area (Å²) in [4.78, 5) is 153. The van der Waals surface area contributed by atoms with E-state index in [1.165, 1.54) is 0 Å². The fraction of sp³-hybridized carbons (Fsp3) is 0.792. The van der Waals surface area contributed by atoms with Gasteiger partial charge in [-0.3, -0.25) is 48.6 Å². The number of ether oxygens (including phenoxy) is 5. The van der Waals surface area contributed by atoms with E-state index in [2.05, 4.69) is 44.3 Å². The fourth-order valence-electron chi connectivity index (χ4n) is 12.7. The summed E-state index contributed by atoms with van der Waals surface area (Å²) in [6, 6.07) is 7.52. The molecule has 3 aliphatic heterocycles. The molecule has 0 aromatic heterocycles. The van der Waals surface area contributed by atoms with Crippen LogP contribution in [0.2, 0.25) is 0 Å². The molecule has 1 aromatic rings. The number of benzene rings is 1. The number of hydrogen-bond acceptors (Lipinski definition) is 22. The van der Waals surface area contributed by atoms with E-state index in [0.29, 0.717) is 163 Å². The van der Waals surface area contributed by atoms with Crippen molar-refractivity contribution in [1.29, 1.82) is 0 Å². The normalized spacial score (nSPS) is 18.4. The number of carboxylic acids is 3. The van der Waals surface area contributed by atoms with Gasteiger partial charge in [-0.2, -0.15) is 0 Å². The second-order valence-corrected chi connectivity index (χ2v) is 33.6. The second-order valence-electron chi connectivity index (χ2n) is 33.6. The standard InChI is InChI=1S/C77H135N13O18.Gd.H2O/c1-73(2,3)104-68(99)86-35-21-36-87(69(100)105-74(4,5)6)51-46-81(32-19-31-79(44-50-86)30-17-16-24-64(92)78-29-18-23-63(67(97)98)85-48-43-80(55-56-91)39-40-83(59-65(93)94)41-42-84(45-49-85)60-66(95)96)57-61-25-27-62(28-26-61)58-82-33-20-34-89(71(102)107-76(10,11)12)53-54-90(72(103)108-77(13,14)15)38-22-37-88(52-47-82)70(101)106-75(7,8)9;;/h25-28,56,63H,16-24,29-55,57-60H2,1-15H3,(H,78,92)(H,93,94)(H,95,96)(H,97,98);;1H2/q;+3;. The number of amides is 6. The van der Waals surface area contributed by atoms with E-state index in [0.717, 1.165) is 23.8 Å². The van der Waals surface area contributed by atoms with Gasteiger partial charge in [0.05, 0.1) is 19.6 Å². The van der Waals surface area contributed by atoms with Crippen molar-refractivity contribution in [1.82, 2.24) is 64.1 Å². The van der Waals surface area contributed by atoms with Gasteiger partial charge in [0.15, 0.2) is 0 Å². The molecule has 1 unspecified atom stereocenters. The van der Waals surface area contributed by atoms with Gasteiger partial charge in [0.2, 0.25) is 5.91 Å². The average molecular weight is 1710 g/mol. The van der Waals surface area contributed by atoms with Gasteiger partial charge in [-0.05, 0) is 186 Å². The maximum atomic E-state index is 14.0. The van der Waals surface area contributed by atoms with Crippen molar-refractivity contribution in [2.75, 3.05) is 190 Å². The summed E-state index contributed by atoms with van der Waals surface area (Å²) >= 11 is 0. The molecule has 3 aliphatic rings. The van der Waals surface area contributed by atoms with Crippen LogP contribution in [-0.2, 0) is 60.7 Å². The first kappa shape index (κ1) is 100. The molecule has 1 atom stereocenters. The van der Waals surface area contributed by atoms with E-state index < -0.39 is 82.4 Å². The monoisotopic (exact) mass is 1710 g/mol. The quantitative estimate of drug-likeness (QED) is 0.0568. The van der Waals surface area contributed by atoms with Gasteiger partial charge in [0.25, 0.3) is 0 Å². The Labute approximate surface area is 686 Å². The topological polar surface area (TPSA) is 360 Å². The number of carbonyl (C=O) groups excluding carboxylic acids is 7. The minimum absolute atomic E-state index is 0. The minimum Gasteiger partial charge on any atom is -0.480 e. The van der Waals surface area contributed by atoms with Crippen LogP contribution in [-0.4, -0.2) is 364 Å². The van der Waals surface area contributed by atoms with E-state index in [4.69, 9.17) is 23.7 Å². The van der Waals surface area contributed by atoms with Crippen molar-refractivity contribution in [2.24, 2.45) is 0 Å². The maximum absolute atomic E-state index is 14.0. The Bertz CT molecular complexity index is 2960. The number of aliphatic carboxylic acids is 3. The molecule has 110 heavy (non-hydrogen) atoms. The molecule has 0 aliphatic carbocycles. The molecule has 0 saturated carbocycles. The van der Waals surface area contributed by atoms with E-state index in [9.17, 15) is 63.3 Å². The summed E-state index contributed by atoms with van der Waals surface area (Å²) in [5, 5.41) is 32.8. The summed E-state index contributed by atoms with van der Waals surface area (Å²) < 4.78 is 29.4. The van der Waals surface area contributed by atoms with Crippen LogP contribution in [0.25, 0.3) is 0 Å².